The molecular weight excluding hydrogens is 391 g/mol. The van der Waals surface area contributed by atoms with E-state index in [0.29, 0.717) is 25.7 Å². The summed E-state index contributed by atoms with van der Waals surface area (Å²) in [5.41, 5.74) is 1.74. The predicted molar refractivity (Wildman–Crippen MR) is 110 cm³/mol. The van der Waals surface area contributed by atoms with Gasteiger partial charge in [-0.3, -0.25) is 4.79 Å². The summed E-state index contributed by atoms with van der Waals surface area (Å²) in [7, 11) is -3.56. The molecule has 5 nitrogen and oxygen atoms in total. The van der Waals surface area contributed by atoms with E-state index in [1.165, 1.54) is 12.1 Å². The molecule has 29 heavy (non-hydrogen) atoms. The van der Waals surface area contributed by atoms with Crippen LogP contribution in [-0.2, 0) is 14.8 Å². The molecule has 1 aliphatic rings. The van der Waals surface area contributed by atoms with Gasteiger partial charge in [0.05, 0.1) is 10.9 Å². The highest BCUT2D eigenvalue weighted by molar-refractivity contribution is 7.89. The topological polar surface area (TPSA) is 75.3 Å². The lowest BCUT2D eigenvalue weighted by atomic mass is 9.85. The molecule has 0 unspecified atom stereocenters. The van der Waals surface area contributed by atoms with Crippen molar-refractivity contribution < 1.29 is 17.6 Å². The zero-order valence-corrected chi connectivity index (χ0v) is 17.5. The van der Waals surface area contributed by atoms with Gasteiger partial charge in [-0.1, -0.05) is 24.3 Å². The highest BCUT2D eigenvalue weighted by Crippen LogP contribution is 2.27. The number of rotatable bonds is 6. The molecule has 1 amide bonds. The number of halogens is 1. The second-order valence-corrected chi connectivity index (χ2v) is 9.48. The van der Waals surface area contributed by atoms with E-state index in [4.69, 9.17) is 0 Å². The van der Waals surface area contributed by atoms with Gasteiger partial charge in [0.2, 0.25) is 15.9 Å². The zero-order chi connectivity index (χ0) is 21.0. The highest BCUT2D eigenvalue weighted by Gasteiger charge is 2.29. The summed E-state index contributed by atoms with van der Waals surface area (Å²) < 4.78 is 41.0. The smallest absolute Gasteiger partial charge is 0.240 e. The van der Waals surface area contributed by atoms with Crippen molar-refractivity contribution in [2.24, 2.45) is 5.92 Å². The van der Waals surface area contributed by atoms with Gasteiger partial charge < -0.3 is 5.32 Å². The van der Waals surface area contributed by atoms with E-state index in [2.05, 4.69) is 10.0 Å². The molecule has 2 N–H and O–H groups in total. The Kier molecular flexibility index (Phi) is 6.70. The molecule has 1 aliphatic carbocycles. The van der Waals surface area contributed by atoms with Gasteiger partial charge >= 0.3 is 0 Å². The van der Waals surface area contributed by atoms with Gasteiger partial charge in [-0.05, 0) is 74.9 Å². The van der Waals surface area contributed by atoms with Crippen LogP contribution in [0.3, 0.4) is 0 Å². The van der Waals surface area contributed by atoms with Crippen LogP contribution in [0.2, 0.25) is 0 Å². The molecule has 2 aromatic rings. The Balaban J connectivity index is 1.52. The van der Waals surface area contributed by atoms with Gasteiger partial charge in [0.15, 0.2) is 0 Å². The summed E-state index contributed by atoms with van der Waals surface area (Å²) in [5.74, 6) is -0.488. The second-order valence-electron chi connectivity index (χ2n) is 7.77. The quantitative estimate of drug-likeness (QED) is 0.748. The molecule has 2 aromatic carbocycles. The zero-order valence-electron chi connectivity index (χ0n) is 16.7. The van der Waals surface area contributed by atoms with E-state index < -0.39 is 10.0 Å². The average molecular weight is 419 g/mol. The lowest BCUT2D eigenvalue weighted by molar-refractivity contribution is -0.126. The lowest BCUT2D eigenvalue weighted by Crippen LogP contribution is -2.41. The highest BCUT2D eigenvalue weighted by atomic mass is 32.2. The molecule has 0 aromatic heterocycles. The monoisotopic (exact) mass is 418 g/mol. The van der Waals surface area contributed by atoms with Crippen molar-refractivity contribution in [1.82, 2.24) is 10.0 Å². The van der Waals surface area contributed by atoms with Crippen molar-refractivity contribution in [3.8, 4) is 0 Å². The van der Waals surface area contributed by atoms with E-state index in [1.54, 1.807) is 30.3 Å². The Morgan fingerprint density at radius 3 is 2.34 bits per heavy atom. The third-order valence-corrected chi connectivity index (χ3v) is 6.97. The first kappa shape index (κ1) is 21.5. The Morgan fingerprint density at radius 1 is 1.07 bits per heavy atom. The minimum absolute atomic E-state index is 0.0400. The maximum absolute atomic E-state index is 13.0. The number of amides is 1. The molecule has 0 radical (unpaired) electrons. The third kappa shape index (κ3) is 5.64. The first-order valence-electron chi connectivity index (χ1n) is 9.89. The minimum atomic E-state index is -3.56. The van der Waals surface area contributed by atoms with E-state index in [9.17, 15) is 17.6 Å². The third-order valence-electron chi connectivity index (χ3n) is 5.45. The minimum Gasteiger partial charge on any atom is -0.349 e. The molecule has 0 bridgehead atoms. The fraction of sp³-hybridized carbons (Fsp3) is 0.409. The van der Waals surface area contributed by atoms with Crippen LogP contribution in [0.15, 0.2) is 53.4 Å². The van der Waals surface area contributed by atoms with E-state index in [-0.39, 0.29) is 34.6 Å². The molecular formula is C22H27FN2O3S. The Morgan fingerprint density at radius 2 is 1.72 bits per heavy atom. The summed E-state index contributed by atoms with van der Waals surface area (Å²) in [6.07, 6.45) is 2.49. The number of benzene rings is 2. The molecule has 156 valence electrons. The molecule has 0 saturated heterocycles. The molecule has 7 heteroatoms. The van der Waals surface area contributed by atoms with Crippen LogP contribution in [0.5, 0.6) is 0 Å². The van der Waals surface area contributed by atoms with Crippen LogP contribution in [0.1, 0.15) is 49.8 Å². The van der Waals surface area contributed by atoms with Crippen LogP contribution in [0.4, 0.5) is 4.39 Å². The summed E-state index contributed by atoms with van der Waals surface area (Å²) in [6, 6.07) is 12.5. The number of aryl methyl sites for hydroxylation is 1. The Hall–Kier alpha value is -2.25. The van der Waals surface area contributed by atoms with E-state index in [1.807, 2.05) is 19.9 Å². The van der Waals surface area contributed by atoms with Crippen LogP contribution in [0.25, 0.3) is 0 Å². The van der Waals surface area contributed by atoms with Crippen molar-refractivity contribution in [3.63, 3.8) is 0 Å². The summed E-state index contributed by atoms with van der Waals surface area (Å²) in [6.45, 7) is 3.72. The largest absolute Gasteiger partial charge is 0.349 e. The van der Waals surface area contributed by atoms with Gasteiger partial charge in [0.1, 0.15) is 5.82 Å². The van der Waals surface area contributed by atoms with Crippen molar-refractivity contribution in [3.05, 3.63) is 65.5 Å². The first-order chi connectivity index (χ1) is 13.7. The van der Waals surface area contributed by atoms with Crippen LogP contribution >= 0.6 is 0 Å². The van der Waals surface area contributed by atoms with Gasteiger partial charge in [-0.2, -0.15) is 0 Å². The molecule has 0 aliphatic heterocycles. The molecule has 0 spiro atoms. The molecule has 0 heterocycles. The van der Waals surface area contributed by atoms with Crippen molar-refractivity contribution in [2.75, 3.05) is 0 Å². The molecule has 3 rings (SSSR count). The SMILES string of the molecule is Cc1cccc(S(=O)(=O)N[C@H]2CC[C@H](C(=O)N[C@H](C)c3ccc(F)cc3)CC2)c1. The van der Waals surface area contributed by atoms with E-state index >= 15 is 0 Å². The van der Waals surface area contributed by atoms with Gasteiger partial charge in [0.25, 0.3) is 0 Å². The number of carbonyl (C=O) groups excluding carboxylic acids is 1. The number of hydrogen-bond donors (Lipinski definition) is 2. The molecule has 1 atom stereocenters. The molecule has 1 fully saturated rings. The predicted octanol–water partition coefficient (Wildman–Crippen LogP) is 3.85. The average Bonchev–Trinajstić information content (AvgIpc) is 2.68. The van der Waals surface area contributed by atoms with Crippen LogP contribution < -0.4 is 10.0 Å². The summed E-state index contributed by atoms with van der Waals surface area (Å²) in [5, 5.41) is 2.98. The lowest BCUT2D eigenvalue weighted by Gasteiger charge is -2.29. The maximum Gasteiger partial charge on any atom is 0.240 e. The van der Waals surface area contributed by atoms with E-state index in [0.717, 1.165) is 11.1 Å². The van der Waals surface area contributed by atoms with Gasteiger partial charge in [-0.25, -0.2) is 17.5 Å². The van der Waals surface area contributed by atoms with Gasteiger partial charge in [0, 0.05) is 12.0 Å². The number of carbonyl (C=O) groups is 1. The summed E-state index contributed by atoms with van der Waals surface area (Å²) >= 11 is 0. The second kappa shape index (κ2) is 9.05. The number of nitrogens with one attached hydrogen (secondary N) is 2. The first-order valence-corrected chi connectivity index (χ1v) is 11.4. The van der Waals surface area contributed by atoms with Crippen LogP contribution in [-0.4, -0.2) is 20.4 Å². The van der Waals surface area contributed by atoms with Crippen molar-refractivity contribution in [1.29, 1.82) is 0 Å². The van der Waals surface area contributed by atoms with Gasteiger partial charge in [-0.15, -0.1) is 0 Å². The molecule has 1 saturated carbocycles. The Labute approximate surface area is 171 Å². The normalized spacial score (nSPS) is 20.8. The fourth-order valence-electron chi connectivity index (χ4n) is 3.71. The van der Waals surface area contributed by atoms with Crippen LogP contribution in [0, 0.1) is 18.7 Å². The number of sulfonamides is 1. The summed E-state index contributed by atoms with van der Waals surface area (Å²) in [4.78, 5) is 12.8. The maximum atomic E-state index is 13.0. The standard InChI is InChI=1S/C22H27FN2O3S/c1-15-4-3-5-21(14-15)29(27,28)25-20-12-8-18(9-13-20)22(26)24-16(2)17-6-10-19(23)11-7-17/h3-7,10-11,14,16,18,20,25H,8-9,12-13H2,1-2H3,(H,24,26)/t16-,18-,20-/m1/s1. The van der Waals surface area contributed by atoms with Crippen molar-refractivity contribution in [2.45, 2.75) is 56.5 Å². The fourth-order valence-corrected chi connectivity index (χ4v) is 5.12. The number of hydrogen-bond acceptors (Lipinski definition) is 3. The Bertz CT molecular complexity index is 952. The van der Waals surface area contributed by atoms with Crippen molar-refractivity contribution >= 4 is 15.9 Å².